The van der Waals surface area contributed by atoms with Gasteiger partial charge in [0.1, 0.15) is 17.4 Å². The number of ether oxygens (including phenoxy) is 1. The second-order valence-electron chi connectivity index (χ2n) is 6.19. The summed E-state index contributed by atoms with van der Waals surface area (Å²) in [5.74, 6) is 0.933. The largest absolute Gasteiger partial charge is 0.487 e. The lowest BCUT2D eigenvalue weighted by Crippen LogP contribution is -2.44. The molecule has 0 radical (unpaired) electrons. The number of piperazine rings is 1. The van der Waals surface area contributed by atoms with E-state index < -0.39 is 0 Å². The number of nitriles is 1. The molecule has 1 aromatic rings. The van der Waals surface area contributed by atoms with E-state index in [0.717, 1.165) is 43.9 Å². The van der Waals surface area contributed by atoms with Crippen molar-refractivity contribution in [2.24, 2.45) is 0 Å². The van der Waals surface area contributed by atoms with E-state index in [1.807, 2.05) is 12.1 Å². The highest BCUT2D eigenvalue weighted by atomic mass is 16.5. The number of nitrogens with one attached hydrogen (secondary N) is 1. The van der Waals surface area contributed by atoms with Crippen LogP contribution in [0.25, 0.3) is 0 Å². The van der Waals surface area contributed by atoms with Gasteiger partial charge in [0.2, 0.25) is 0 Å². The van der Waals surface area contributed by atoms with E-state index in [9.17, 15) is 5.26 Å². The Balaban J connectivity index is 1.94. The van der Waals surface area contributed by atoms with E-state index in [2.05, 4.69) is 36.2 Å². The summed E-state index contributed by atoms with van der Waals surface area (Å²) in [4.78, 5) is 2.24. The molecule has 1 N–H and O–H groups in total. The molecule has 2 heterocycles. The third-order valence-corrected chi connectivity index (χ3v) is 4.06. The van der Waals surface area contributed by atoms with Crippen molar-refractivity contribution in [3.05, 3.63) is 29.3 Å². The zero-order valence-corrected chi connectivity index (χ0v) is 12.1. The molecule has 1 fully saturated rings. The van der Waals surface area contributed by atoms with Gasteiger partial charge in [0, 0.05) is 38.2 Å². The van der Waals surface area contributed by atoms with E-state index in [0.29, 0.717) is 0 Å². The minimum Gasteiger partial charge on any atom is -0.487 e. The molecule has 0 spiro atoms. The normalized spacial score (nSPS) is 22.6. The van der Waals surface area contributed by atoms with Gasteiger partial charge in [-0.15, -0.1) is 0 Å². The molecule has 4 heteroatoms. The van der Waals surface area contributed by atoms with Gasteiger partial charge in [-0.1, -0.05) is 18.2 Å². The highest BCUT2D eigenvalue weighted by molar-refractivity contribution is 5.48. The molecule has 1 unspecified atom stereocenters. The monoisotopic (exact) mass is 271 g/mol. The topological polar surface area (TPSA) is 48.3 Å². The first kappa shape index (κ1) is 13.4. The molecule has 1 saturated heterocycles. The third-order valence-electron chi connectivity index (χ3n) is 4.06. The number of benzene rings is 1. The van der Waals surface area contributed by atoms with E-state index in [-0.39, 0.29) is 11.6 Å². The van der Waals surface area contributed by atoms with Crippen LogP contribution >= 0.6 is 0 Å². The molecule has 0 bridgehead atoms. The maximum absolute atomic E-state index is 9.63. The highest BCUT2D eigenvalue weighted by Gasteiger charge is 2.34. The van der Waals surface area contributed by atoms with Crippen LogP contribution in [-0.4, -0.2) is 36.7 Å². The average Bonchev–Trinajstić information content (AvgIpc) is 2.75. The summed E-state index contributed by atoms with van der Waals surface area (Å²) in [5.41, 5.74) is 2.09. The number of hydrogen-bond donors (Lipinski definition) is 1. The molecule has 0 saturated carbocycles. The quantitative estimate of drug-likeness (QED) is 0.892. The Bertz CT molecular complexity index is 541. The van der Waals surface area contributed by atoms with Gasteiger partial charge in [0.15, 0.2) is 0 Å². The summed E-state index contributed by atoms with van der Waals surface area (Å²) in [6.45, 7) is 7.90. The van der Waals surface area contributed by atoms with Crippen molar-refractivity contribution in [3.63, 3.8) is 0 Å². The lowest BCUT2D eigenvalue weighted by molar-refractivity contribution is 0.133. The first-order valence-corrected chi connectivity index (χ1v) is 7.26. The molecular formula is C16H21N3O. The molecule has 106 valence electrons. The number of rotatable bonds is 2. The van der Waals surface area contributed by atoms with Gasteiger partial charge < -0.3 is 10.1 Å². The summed E-state index contributed by atoms with van der Waals surface area (Å²) in [6.07, 6.45) is 0.913. The molecule has 0 aliphatic carbocycles. The molecule has 2 aliphatic heterocycles. The summed E-state index contributed by atoms with van der Waals surface area (Å²) >= 11 is 0. The van der Waals surface area contributed by atoms with Crippen LogP contribution in [0.2, 0.25) is 0 Å². The Kier molecular flexibility index (Phi) is 3.41. The van der Waals surface area contributed by atoms with Crippen molar-refractivity contribution >= 4 is 0 Å². The molecular weight excluding hydrogens is 250 g/mol. The van der Waals surface area contributed by atoms with Gasteiger partial charge >= 0.3 is 0 Å². The Morgan fingerprint density at radius 3 is 2.80 bits per heavy atom. The van der Waals surface area contributed by atoms with Crippen LogP contribution in [0.5, 0.6) is 5.75 Å². The van der Waals surface area contributed by atoms with Gasteiger partial charge in [0.05, 0.1) is 6.07 Å². The van der Waals surface area contributed by atoms with Crippen LogP contribution in [0.15, 0.2) is 18.2 Å². The SMILES string of the molecule is CC1(C)Cc2cccc(C(C#N)N3CCNCC3)c2O1. The zero-order valence-electron chi connectivity index (χ0n) is 12.1. The van der Waals surface area contributed by atoms with E-state index in [1.54, 1.807) is 0 Å². The fourth-order valence-corrected chi connectivity index (χ4v) is 3.14. The van der Waals surface area contributed by atoms with Crippen molar-refractivity contribution in [1.82, 2.24) is 10.2 Å². The first-order chi connectivity index (χ1) is 9.61. The van der Waals surface area contributed by atoms with Gasteiger partial charge in [-0.05, 0) is 19.4 Å². The lowest BCUT2D eigenvalue weighted by Gasteiger charge is -2.32. The molecule has 20 heavy (non-hydrogen) atoms. The van der Waals surface area contributed by atoms with Gasteiger partial charge in [-0.3, -0.25) is 4.90 Å². The molecule has 2 aliphatic rings. The Hall–Kier alpha value is -1.57. The first-order valence-electron chi connectivity index (χ1n) is 7.26. The Morgan fingerprint density at radius 2 is 2.10 bits per heavy atom. The van der Waals surface area contributed by atoms with E-state index >= 15 is 0 Å². The van der Waals surface area contributed by atoms with Gasteiger partial charge in [0.25, 0.3) is 0 Å². The molecule has 1 aromatic carbocycles. The van der Waals surface area contributed by atoms with Crippen molar-refractivity contribution in [2.45, 2.75) is 31.9 Å². The summed E-state index contributed by atoms with van der Waals surface area (Å²) in [7, 11) is 0. The molecule has 4 nitrogen and oxygen atoms in total. The van der Waals surface area contributed by atoms with Crippen LogP contribution in [0.4, 0.5) is 0 Å². The summed E-state index contributed by atoms with van der Waals surface area (Å²) < 4.78 is 6.11. The number of fused-ring (bicyclic) bond motifs is 1. The maximum Gasteiger partial charge on any atom is 0.129 e. The second-order valence-corrected chi connectivity index (χ2v) is 6.19. The molecule has 0 amide bonds. The molecule has 1 atom stereocenters. The highest BCUT2D eigenvalue weighted by Crippen LogP contribution is 2.41. The van der Waals surface area contributed by atoms with Crippen molar-refractivity contribution in [2.75, 3.05) is 26.2 Å². The average molecular weight is 271 g/mol. The predicted octanol–water partition coefficient (Wildman–Crippen LogP) is 1.87. The zero-order chi connectivity index (χ0) is 14.2. The molecule has 3 rings (SSSR count). The van der Waals surface area contributed by atoms with E-state index in [4.69, 9.17) is 4.74 Å². The van der Waals surface area contributed by atoms with Crippen LogP contribution in [0.1, 0.15) is 31.0 Å². The molecule has 0 aromatic heterocycles. The van der Waals surface area contributed by atoms with Crippen LogP contribution in [0, 0.1) is 11.3 Å². The van der Waals surface area contributed by atoms with Crippen molar-refractivity contribution < 1.29 is 4.74 Å². The standard InChI is InChI=1S/C16H21N3O/c1-16(2)10-12-4-3-5-13(15(12)20-16)14(11-17)19-8-6-18-7-9-19/h3-5,14,18H,6-10H2,1-2H3. The fourth-order valence-electron chi connectivity index (χ4n) is 3.14. The predicted molar refractivity (Wildman–Crippen MR) is 77.6 cm³/mol. The summed E-state index contributed by atoms with van der Waals surface area (Å²) in [6, 6.07) is 8.45. The fraction of sp³-hybridized carbons (Fsp3) is 0.562. The summed E-state index contributed by atoms with van der Waals surface area (Å²) in [5, 5.41) is 13.0. The van der Waals surface area contributed by atoms with E-state index in [1.165, 1.54) is 5.56 Å². The Labute approximate surface area is 120 Å². The second kappa shape index (κ2) is 5.08. The van der Waals surface area contributed by atoms with Gasteiger partial charge in [-0.2, -0.15) is 5.26 Å². The van der Waals surface area contributed by atoms with Crippen LogP contribution in [0.3, 0.4) is 0 Å². The Morgan fingerprint density at radius 1 is 1.35 bits per heavy atom. The smallest absolute Gasteiger partial charge is 0.129 e. The number of para-hydroxylation sites is 1. The number of nitrogens with zero attached hydrogens (tertiary/aromatic N) is 2. The van der Waals surface area contributed by atoms with Crippen LogP contribution < -0.4 is 10.1 Å². The maximum atomic E-state index is 9.63. The van der Waals surface area contributed by atoms with Crippen LogP contribution in [-0.2, 0) is 6.42 Å². The lowest BCUT2D eigenvalue weighted by atomic mass is 9.98. The minimum absolute atomic E-state index is 0.165. The van der Waals surface area contributed by atoms with Gasteiger partial charge in [-0.25, -0.2) is 0 Å². The van der Waals surface area contributed by atoms with Crippen molar-refractivity contribution in [1.29, 1.82) is 5.26 Å². The third kappa shape index (κ3) is 2.39. The number of hydrogen-bond acceptors (Lipinski definition) is 4. The minimum atomic E-state index is -0.207. The van der Waals surface area contributed by atoms with Crippen molar-refractivity contribution in [3.8, 4) is 11.8 Å².